The molecule has 92 valence electrons. The molecule has 0 bridgehead atoms. The number of rotatable bonds is 2. The molecule has 0 unspecified atom stereocenters. The molecule has 0 aliphatic heterocycles. The van der Waals surface area contributed by atoms with E-state index in [1.54, 1.807) is 0 Å². The molecule has 6 heteroatoms. The summed E-state index contributed by atoms with van der Waals surface area (Å²) in [7, 11) is 0. The van der Waals surface area contributed by atoms with Gasteiger partial charge in [-0.05, 0) is 31.2 Å². The first-order valence-electron chi connectivity index (χ1n) is 5.09. The normalized spacial score (nSPS) is 10.3. The van der Waals surface area contributed by atoms with Gasteiger partial charge in [0.25, 0.3) is 0 Å². The third-order valence-electron chi connectivity index (χ3n) is 2.50. The van der Waals surface area contributed by atoms with Gasteiger partial charge in [-0.2, -0.15) is 5.10 Å². The summed E-state index contributed by atoms with van der Waals surface area (Å²) in [6.45, 7) is 1.47. The van der Waals surface area contributed by atoms with E-state index in [0.717, 1.165) is 6.20 Å². The Morgan fingerprint density at radius 2 is 1.94 bits per heavy atom. The lowest BCUT2D eigenvalue weighted by Crippen LogP contribution is -2.22. The second-order valence-electron chi connectivity index (χ2n) is 3.66. The second kappa shape index (κ2) is 4.40. The quantitative estimate of drug-likeness (QED) is 0.871. The average Bonchev–Trinajstić information content (AvgIpc) is 2.30. The number of carboxylic acid groups (broad SMARTS) is 1. The van der Waals surface area contributed by atoms with E-state index < -0.39 is 17.2 Å². The highest BCUT2D eigenvalue weighted by Gasteiger charge is 2.15. The van der Waals surface area contributed by atoms with Crippen molar-refractivity contribution in [3.8, 4) is 5.69 Å². The van der Waals surface area contributed by atoms with Crippen molar-refractivity contribution in [2.24, 2.45) is 0 Å². The standard InChI is InChI=1S/C12H9FN2O3/c1-7-11(12(17)18)10(16)6-14-15(7)9-4-2-8(13)3-5-9/h2-6H,1H3,(H,17,18). The van der Waals surface area contributed by atoms with E-state index in [-0.39, 0.29) is 11.3 Å². The molecule has 0 spiro atoms. The summed E-state index contributed by atoms with van der Waals surface area (Å²) in [5.74, 6) is -1.72. The molecule has 0 amide bonds. The van der Waals surface area contributed by atoms with E-state index in [2.05, 4.69) is 5.10 Å². The maximum Gasteiger partial charge on any atom is 0.341 e. The molecule has 1 heterocycles. The van der Waals surface area contributed by atoms with Crippen molar-refractivity contribution in [3.05, 3.63) is 57.8 Å². The summed E-state index contributed by atoms with van der Waals surface area (Å²) in [4.78, 5) is 22.4. The van der Waals surface area contributed by atoms with Crippen molar-refractivity contribution in [1.29, 1.82) is 0 Å². The van der Waals surface area contributed by atoms with Crippen LogP contribution in [0.25, 0.3) is 5.69 Å². The maximum absolute atomic E-state index is 12.8. The Bertz CT molecular complexity index is 662. The highest BCUT2D eigenvalue weighted by atomic mass is 19.1. The Hall–Kier alpha value is -2.50. The predicted molar refractivity (Wildman–Crippen MR) is 61.5 cm³/mol. The largest absolute Gasteiger partial charge is 0.477 e. The van der Waals surface area contributed by atoms with Crippen LogP contribution in [0.2, 0.25) is 0 Å². The maximum atomic E-state index is 12.8. The van der Waals surface area contributed by atoms with Gasteiger partial charge in [0, 0.05) is 0 Å². The van der Waals surface area contributed by atoms with Gasteiger partial charge in [-0.1, -0.05) is 0 Å². The van der Waals surface area contributed by atoms with Crippen molar-refractivity contribution in [2.45, 2.75) is 6.92 Å². The van der Waals surface area contributed by atoms with Crippen LogP contribution in [0, 0.1) is 12.7 Å². The van der Waals surface area contributed by atoms with E-state index in [1.807, 2.05) is 0 Å². The summed E-state index contributed by atoms with van der Waals surface area (Å²) in [5.41, 5.74) is -0.314. The molecule has 2 aromatic rings. The van der Waals surface area contributed by atoms with Crippen LogP contribution in [-0.2, 0) is 0 Å². The molecule has 0 saturated heterocycles. The van der Waals surface area contributed by atoms with E-state index >= 15 is 0 Å². The fraction of sp³-hybridized carbons (Fsp3) is 0.0833. The van der Waals surface area contributed by atoms with Gasteiger partial charge in [0.2, 0.25) is 5.43 Å². The number of hydrogen-bond donors (Lipinski definition) is 1. The molecule has 0 saturated carbocycles. The monoisotopic (exact) mass is 248 g/mol. The number of carboxylic acids is 1. The topological polar surface area (TPSA) is 72.2 Å². The van der Waals surface area contributed by atoms with E-state index in [4.69, 9.17) is 5.11 Å². The average molecular weight is 248 g/mol. The minimum Gasteiger partial charge on any atom is -0.477 e. The van der Waals surface area contributed by atoms with E-state index in [9.17, 15) is 14.0 Å². The molecule has 0 fully saturated rings. The fourth-order valence-corrected chi connectivity index (χ4v) is 1.65. The van der Waals surface area contributed by atoms with Gasteiger partial charge in [-0.25, -0.2) is 13.9 Å². The highest BCUT2D eigenvalue weighted by molar-refractivity contribution is 5.88. The van der Waals surface area contributed by atoms with Crippen LogP contribution in [0.15, 0.2) is 35.3 Å². The third-order valence-corrected chi connectivity index (χ3v) is 2.50. The molecule has 0 radical (unpaired) electrons. The van der Waals surface area contributed by atoms with Gasteiger partial charge in [0.1, 0.15) is 11.4 Å². The molecule has 1 aromatic carbocycles. The van der Waals surface area contributed by atoms with Crippen molar-refractivity contribution in [3.63, 3.8) is 0 Å². The summed E-state index contributed by atoms with van der Waals surface area (Å²) in [5, 5.41) is 12.8. The Morgan fingerprint density at radius 1 is 1.33 bits per heavy atom. The van der Waals surface area contributed by atoms with Crippen molar-refractivity contribution in [1.82, 2.24) is 9.78 Å². The highest BCUT2D eigenvalue weighted by Crippen LogP contribution is 2.11. The van der Waals surface area contributed by atoms with Gasteiger partial charge in [0.05, 0.1) is 17.6 Å². The first-order valence-corrected chi connectivity index (χ1v) is 5.09. The minimum atomic E-state index is -1.31. The molecule has 5 nitrogen and oxygen atoms in total. The zero-order valence-corrected chi connectivity index (χ0v) is 9.42. The zero-order valence-electron chi connectivity index (χ0n) is 9.42. The summed E-state index contributed by atoms with van der Waals surface area (Å²) in [6, 6.07) is 5.36. The lowest BCUT2D eigenvalue weighted by Gasteiger charge is -2.10. The number of hydrogen-bond acceptors (Lipinski definition) is 3. The number of benzene rings is 1. The lowest BCUT2D eigenvalue weighted by atomic mass is 10.2. The molecular weight excluding hydrogens is 239 g/mol. The fourth-order valence-electron chi connectivity index (χ4n) is 1.65. The zero-order chi connectivity index (χ0) is 13.3. The SMILES string of the molecule is Cc1c(C(=O)O)c(=O)cnn1-c1ccc(F)cc1. The molecule has 2 rings (SSSR count). The Morgan fingerprint density at radius 3 is 2.50 bits per heavy atom. The van der Waals surface area contributed by atoms with E-state index in [0.29, 0.717) is 5.69 Å². The van der Waals surface area contributed by atoms with Crippen molar-refractivity contribution < 1.29 is 14.3 Å². The number of nitrogens with zero attached hydrogens (tertiary/aromatic N) is 2. The predicted octanol–water partition coefficient (Wildman–Crippen LogP) is 1.38. The van der Waals surface area contributed by atoms with Gasteiger partial charge in [-0.15, -0.1) is 0 Å². The van der Waals surface area contributed by atoms with Crippen LogP contribution in [0.5, 0.6) is 0 Å². The molecular formula is C12H9FN2O3. The van der Waals surface area contributed by atoms with Crippen LogP contribution in [0.1, 0.15) is 16.1 Å². The summed E-state index contributed by atoms with van der Waals surface area (Å²) < 4.78 is 14.1. The van der Waals surface area contributed by atoms with Gasteiger partial charge in [0.15, 0.2) is 0 Å². The third kappa shape index (κ3) is 2.00. The molecule has 1 N–H and O–H groups in total. The van der Waals surface area contributed by atoms with Crippen LogP contribution >= 0.6 is 0 Å². The molecule has 0 aliphatic rings. The van der Waals surface area contributed by atoms with Crippen molar-refractivity contribution >= 4 is 5.97 Å². The van der Waals surface area contributed by atoms with Gasteiger partial charge < -0.3 is 5.11 Å². The lowest BCUT2D eigenvalue weighted by molar-refractivity contribution is 0.0693. The molecule has 0 atom stereocenters. The number of aromatic carboxylic acids is 1. The van der Waals surface area contributed by atoms with E-state index in [1.165, 1.54) is 35.9 Å². The van der Waals surface area contributed by atoms with Crippen LogP contribution in [-0.4, -0.2) is 20.9 Å². The Balaban J connectivity index is 2.66. The summed E-state index contributed by atoms with van der Waals surface area (Å²) >= 11 is 0. The van der Waals surface area contributed by atoms with Crippen LogP contribution < -0.4 is 5.43 Å². The van der Waals surface area contributed by atoms with Gasteiger partial charge in [-0.3, -0.25) is 4.79 Å². The Labute approximate surface area is 101 Å². The first-order chi connectivity index (χ1) is 8.50. The van der Waals surface area contributed by atoms with Crippen molar-refractivity contribution in [2.75, 3.05) is 0 Å². The number of halogens is 1. The minimum absolute atomic E-state index is 0.196. The molecule has 18 heavy (non-hydrogen) atoms. The second-order valence-corrected chi connectivity index (χ2v) is 3.66. The number of aromatic nitrogens is 2. The molecule has 1 aromatic heterocycles. The number of carbonyl (C=O) groups is 1. The first kappa shape index (κ1) is 12.0. The molecule has 0 aliphatic carbocycles. The van der Waals surface area contributed by atoms with Crippen LogP contribution in [0.4, 0.5) is 4.39 Å². The van der Waals surface area contributed by atoms with Crippen LogP contribution in [0.3, 0.4) is 0 Å². The van der Waals surface area contributed by atoms with Gasteiger partial charge >= 0.3 is 5.97 Å². The summed E-state index contributed by atoms with van der Waals surface area (Å²) in [6.07, 6.45) is 0.930. The Kier molecular flexibility index (Phi) is 2.93. The smallest absolute Gasteiger partial charge is 0.341 e.